The van der Waals surface area contributed by atoms with Gasteiger partial charge >= 0.3 is 0 Å². The molecule has 1 saturated heterocycles. The zero-order chi connectivity index (χ0) is 12.4. The van der Waals surface area contributed by atoms with Crippen molar-refractivity contribution in [1.29, 1.82) is 0 Å². The number of nitrogens with two attached hydrogens (primary N) is 1. The zero-order valence-electron chi connectivity index (χ0n) is 11.1. The van der Waals surface area contributed by atoms with Crippen molar-refractivity contribution in [1.82, 2.24) is 9.80 Å². The van der Waals surface area contributed by atoms with Crippen molar-refractivity contribution < 1.29 is 4.79 Å². The van der Waals surface area contributed by atoms with Crippen molar-refractivity contribution in [3.63, 3.8) is 0 Å². The van der Waals surface area contributed by atoms with Crippen LogP contribution in [0.3, 0.4) is 0 Å². The fourth-order valence-electron chi connectivity index (χ4n) is 3.52. The molecule has 2 unspecified atom stereocenters. The Kier molecular flexibility index (Phi) is 4.05. The number of nitrogens with zero attached hydrogens (tertiary/aromatic N) is 2. The van der Waals surface area contributed by atoms with Crippen LogP contribution in [0.5, 0.6) is 0 Å². The van der Waals surface area contributed by atoms with E-state index in [9.17, 15) is 4.79 Å². The highest BCUT2D eigenvalue weighted by atomic mass is 16.2. The molecule has 0 aromatic carbocycles. The molecule has 0 spiro atoms. The summed E-state index contributed by atoms with van der Waals surface area (Å²) < 4.78 is 0. The number of carbonyl (C=O) groups is 1. The Hall–Kier alpha value is -0.610. The molecule has 1 amide bonds. The van der Waals surface area contributed by atoms with Gasteiger partial charge in [0, 0.05) is 25.7 Å². The van der Waals surface area contributed by atoms with Crippen LogP contribution in [0.15, 0.2) is 0 Å². The lowest BCUT2D eigenvalue weighted by molar-refractivity contribution is -0.145. The third-order valence-corrected chi connectivity index (χ3v) is 4.25. The first kappa shape index (κ1) is 12.8. The predicted molar refractivity (Wildman–Crippen MR) is 68.7 cm³/mol. The number of amides is 1. The van der Waals surface area contributed by atoms with E-state index in [2.05, 4.69) is 11.8 Å². The molecule has 4 nitrogen and oxygen atoms in total. The van der Waals surface area contributed by atoms with Gasteiger partial charge in [0.25, 0.3) is 0 Å². The average Bonchev–Trinajstić information content (AvgIpc) is 2.79. The molecule has 2 rings (SSSR count). The summed E-state index contributed by atoms with van der Waals surface area (Å²) in [6.45, 7) is 3.70. The molecule has 0 aromatic heterocycles. The number of likely N-dealkylation sites (N-methyl/N-ethyl adjacent to an activating group) is 1. The number of carbonyl (C=O) groups excluding carboxylic acids is 1. The lowest BCUT2D eigenvalue weighted by Gasteiger charge is -2.46. The smallest absolute Gasteiger partial charge is 0.239 e. The van der Waals surface area contributed by atoms with E-state index in [4.69, 9.17) is 5.73 Å². The maximum absolute atomic E-state index is 12.3. The molecule has 2 fully saturated rings. The van der Waals surface area contributed by atoms with Crippen molar-refractivity contribution in [3.05, 3.63) is 0 Å². The maximum Gasteiger partial charge on any atom is 0.239 e. The van der Waals surface area contributed by atoms with Crippen LogP contribution in [0.25, 0.3) is 0 Å². The van der Waals surface area contributed by atoms with Gasteiger partial charge in [0.15, 0.2) is 0 Å². The van der Waals surface area contributed by atoms with Crippen molar-refractivity contribution >= 4 is 5.91 Å². The van der Waals surface area contributed by atoms with Gasteiger partial charge < -0.3 is 10.6 Å². The van der Waals surface area contributed by atoms with Gasteiger partial charge in [-0.2, -0.15) is 0 Å². The minimum absolute atomic E-state index is 0.0249. The van der Waals surface area contributed by atoms with Crippen LogP contribution in [0, 0.1) is 0 Å². The van der Waals surface area contributed by atoms with E-state index in [1.165, 1.54) is 25.7 Å². The van der Waals surface area contributed by atoms with E-state index in [0.29, 0.717) is 18.6 Å². The molecule has 1 aliphatic carbocycles. The van der Waals surface area contributed by atoms with Crippen molar-refractivity contribution in [3.8, 4) is 0 Å². The minimum Gasteiger partial charge on any atom is -0.343 e. The number of rotatable bonds is 3. The molecule has 0 bridgehead atoms. The van der Waals surface area contributed by atoms with E-state index < -0.39 is 0 Å². The van der Waals surface area contributed by atoms with E-state index in [0.717, 1.165) is 13.0 Å². The van der Waals surface area contributed by atoms with Gasteiger partial charge in [-0.05, 0) is 32.7 Å². The van der Waals surface area contributed by atoms with Gasteiger partial charge in [-0.25, -0.2) is 0 Å². The summed E-state index contributed by atoms with van der Waals surface area (Å²) in [7, 11) is 1.91. The van der Waals surface area contributed by atoms with Gasteiger partial charge in [-0.1, -0.05) is 12.8 Å². The van der Waals surface area contributed by atoms with Crippen LogP contribution in [0.1, 0.15) is 39.0 Å². The summed E-state index contributed by atoms with van der Waals surface area (Å²) in [6, 6.07) is 1.10. The summed E-state index contributed by atoms with van der Waals surface area (Å²) in [6.07, 6.45) is 5.93. The van der Waals surface area contributed by atoms with Crippen LogP contribution in [0.4, 0.5) is 0 Å². The molecule has 4 heteroatoms. The molecular weight excluding hydrogens is 214 g/mol. The second kappa shape index (κ2) is 5.36. The second-order valence-corrected chi connectivity index (χ2v) is 5.55. The molecule has 2 N–H and O–H groups in total. The first-order valence-corrected chi connectivity index (χ1v) is 6.87. The minimum atomic E-state index is 0.0249. The van der Waals surface area contributed by atoms with Gasteiger partial charge in [0.1, 0.15) is 0 Å². The molecule has 1 aliphatic heterocycles. The fourth-order valence-corrected chi connectivity index (χ4v) is 3.52. The SMILES string of the molecule is CC1CN(C)C(=O)C(CCN)N1C1CCCC1. The van der Waals surface area contributed by atoms with E-state index in [1.54, 1.807) is 0 Å². The Balaban J connectivity index is 2.15. The molecule has 2 aliphatic rings. The Morgan fingerprint density at radius 2 is 2.00 bits per heavy atom. The Bertz CT molecular complexity index is 276. The quantitative estimate of drug-likeness (QED) is 0.793. The van der Waals surface area contributed by atoms with Crippen LogP contribution >= 0.6 is 0 Å². The molecule has 1 heterocycles. The lowest BCUT2D eigenvalue weighted by atomic mass is 9.99. The molecular formula is C13H25N3O. The van der Waals surface area contributed by atoms with Gasteiger partial charge in [-0.15, -0.1) is 0 Å². The number of piperazine rings is 1. The van der Waals surface area contributed by atoms with E-state index in [-0.39, 0.29) is 11.9 Å². The summed E-state index contributed by atoms with van der Waals surface area (Å²) in [5.74, 6) is 0.264. The van der Waals surface area contributed by atoms with Crippen molar-refractivity contribution in [2.24, 2.45) is 5.73 Å². The second-order valence-electron chi connectivity index (χ2n) is 5.55. The maximum atomic E-state index is 12.3. The summed E-state index contributed by atoms with van der Waals surface area (Å²) in [5.41, 5.74) is 5.68. The van der Waals surface area contributed by atoms with Crippen LogP contribution < -0.4 is 5.73 Å². The third kappa shape index (κ3) is 2.47. The standard InChI is InChI=1S/C13H25N3O/c1-10-9-15(2)13(17)12(7-8-14)16(10)11-5-3-4-6-11/h10-12H,3-9,14H2,1-2H3. The highest BCUT2D eigenvalue weighted by molar-refractivity contribution is 5.82. The summed E-state index contributed by atoms with van der Waals surface area (Å²) >= 11 is 0. The molecule has 0 aromatic rings. The number of hydrogen-bond acceptors (Lipinski definition) is 3. The van der Waals surface area contributed by atoms with Crippen molar-refractivity contribution in [2.75, 3.05) is 20.1 Å². The van der Waals surface area contributed by atoms with Gasteiger partial charge in [0.2, 0.25) is 5.91 Å². The molecule has 98 valence electrons. The first-order valence-electron chi connectivity index (χ1n) is 6.87. The summed E-state index contributed by atoms with van der Waals surface area (Å²) in [4.78, 5) is 16.6. The highest BCUT2D eigenvalue weighted by Gasteiger charge is 2.40. The Morgan fingerprint density at radius 3 is 2.59 bits per heavy atom. The lowest BCUT2D eigenvalue weighted by Crippen LogP contribution is -2.62. The van der Waals surface area contributed by atoms with Crippen LogP contribution in [-0.2, 0) is 4.79 Å². The van der Waals surface area contributed by atoms with Crippen LogP contribution in [0.2, 0.25) is 0 Å². The molecule has 17 heavy (non-hydrogen) atoms. The fraction of sp³-hybridized carbons (Fsp3) is 0.923. The predicted octanol–water partition coefficient (Wildman–Crippen LogP) is 0.809. The average molecular weight is 239 g/mol. The van der Waals surface area contributed by atoms with Crippen LogP contribution in [-0.4, -0.2) is 54.0 Å². The van der Waals surface area contributed by atoms with E-state index in [1.807, 2.05) is 11.9 Å². The first-order chi connectivity index (χ1) is 8.15. The number of hydrogen-bond donors (Lipinski definition) is 1. The highest BCUT2D eigenvalue weighted by Crippen LogP contribution is 2.30. The third-order valence-electron chi connectivity index (χ3n) is 4.25. The topological polar surface area (TPSA) is 49.6 Å². The molecule has 1 saturated carbocycles. The molecule has 2 atom stereocenters. The normalized spacial score (nSPS) is 32.4. The van der Waals surface area contributed by atoms with Gasteiger partial charge in [0.05, 0.1) is 6.04 Å². The Labute approximate surface area is 104 Å². The van der Waals surface area contributed by atoms with E-state index >= 15 is 0 Å². The monoisotopic (exact) mass is 239 g/mol. The Morgan fingerprint density at radius 1 is 1.35 bits per heavy atom. The summed E-state index contributed by atoms with van der Waals surface area (Å²) in [5, 5.41) is 0. The van der Waals surface area contributed by atoms with Crippen molar-refractivity contribution in [2.45, 2.75) is 57.2 Å². The van der Waals surface area contributed by atoms with Gasteiger partial charge in [-0.3, -0.25) is 9.69 Å². The largest absolute Gasteiger partial charge is 0.343 e. The molecule has 0 radical (unpaired) electrons. The zero-order valence-corrected chi connectivity index (χ0v) is 11.1.